The summed E-state index contributed by atoms with van der Waals surface area (Å²) in [6.45, 7) is 5.49. The van der Waals surface area contributed by atoms with Crippen LogP contribution in [0.1, 0.15) is 50.7 Å². The number of hydrogen-bond acceptors (Lipinski definition) is 5. The maximum Gasteiger partial charge on any atom is 0.407 e. The number of carboxylic acids is 1. The summed E-state index contributed by atoms with van der Waals surface area (Å²) < 4.78 is 11.3. The van der Waals surface area contributed by atoms with E-state index in [1.54, 1.807) is 0 Å². The van der Waals surface area contributed by atoms with Crippen LogP contribution in [0.25, 0.3) is 11.1 Å². The summed E-state index contributed by atoms with van der Waals surface area (Å²) in [5, 5.41) is 14.6. The fourth-order valence-corrected chi connectivity index (χ4v) is 4.36. The van der Waals surface area contributed by atoms with Crippen LogP contribution >= 0.6 is 0 Å². The Bertz CT molecular complexity index is 1060. The maximum absolute atomic E-state index is 12.9. The molecule has 0 heterocycles. The lowest BCUT2D eigenvalue weighted by atomic mass is 9.98. The number of fused-ring (bicyclic) bond motifs is 3. The van der Waals surface area contributed by atoms with Gasteiger partial charge in [-0.25, -0.2) is 9.59 Å². The van der Waals surface area contributed by atoms with Gasteiger partial charge in [-0.05, 0) is 61.8 Å². The minimum atomic E-state index is -1.09. The molecule has 1 unspecified atom stereocenters. The minimum absolute atomic E-state index is 0.0879. The Hall–Kier alpha value is -3.39. The number of carbonyl (C=O) groups excluding carboxylic acids is 2. The molecule has 2 atom stereocenters. The van der Waals surface area contributed by atoms with E-state index < -0.39 is 35.7 Å². The Labute approximate surface area is 205 Å². The average Bonchev–Trinajstić information content (AvgIpc) is 3.60. The molecular formula is C27H32N2O6. The summed E-state index contributed by atoms with van der Waals surface area (Å²) in [5.74, 6) is -1.90. The molecule has 2 aromatic rings. The summed E-state index contributed by atoms with van der Waals surface area (Å²) in [6.07, 6.45) is 0.739. The Balaban J connectivity index is 1.42. The van der Waals surface area contributed by atoms with Crippen molar-refractivity contribution >= 4 is 18.0 Å². The van der Waals surface area contributed by atoms with E-state index in [1.165, 1.54) is 0 Å². The summed E-state index contributed by atoms with van der Waals surface area (Å²) in [7, 11) is 0. The smallest absolute Gasteiger partial charge is 0.407 e. The van der Waals surface area contributed by atoms with Gasteiger partial charge in [0.15, 0.2) is 0 Å². The van der Waals surface area contributed by atoms with E-state index in [0.29, 0.717) is 0 Å². The number of nitrogens with one attached hydrogen (secondary N) is 2. The molecule has 0 bridgehead atoms. The SMILES string of the molecule is CC(C)(C)OC[C@H](NC(=O)OCC1c2ccccc2-c2ccccc21)C(=O)NC(C(=O)O)C1CC1. The van der Waals surface area contributed by atoms with Gasteiger partial charge in [0.25, 0.3) is 0 Å². The molecule has 2 amide bonds. The lowest BCUT2D eigenvalue weighted by Gasteiger charge is -2.26. The highest BCUT2D eigenvalue weighted by Gasteiger charge is 2.39. The van der Waals surface area contributed by atoms with Gasteiger partial charge < -0.3 is 25.2 Å². The van der Waals surface area contributed by atoms with E-state index in [4.69, 9.17) is 9.47 Å². The molecule has 2 aromatic carbocycles. The molecule has 2 aliphatic rings. The van der Waals surface area contributed by atoms with Crippen molar-refractivity contribution in [1.29, 1.82) is 0 Å². The van der Waals surface area contributed by atoms with E-state index in [1.807, 2.05) is 57.2 Å². The van der Waals surface area contributed by atoms with Gasteiger partial charge in [0.2, 0.25) is 5.91 Å². The van der Waals surface area contributed by atoms with E-state index >= 15 is 0 Å². The van der Waals surface area contributed by atoms with Gasteiger partial charge in [-0.15, -0.1) is 0 Å². The highest BCUT2D eigenvalue weighted by Crippen LogP contribution is 2.44. The lowest BCUT2D eigenvalue weighted by Crippen LogP contribution is -2.54. The second kappa shape index (κ2) is 10.1. The number of alkyl carbamates (subject to hydrolysis) is 1. The maximum atomic E-state index is 12.9. The van der Waals surface area contributed by atoms with Gasteiger partial charge in [-0.2, -0.15) is 0 Å². The predicted octanol–water partition coefficient (Wildman–Crippen LogP) is 3.69. The molecule has 1 fully saturated rings. The standard InChI is InChI=1S/C27H32N2O6/c1-27(2,3)35-15-22(24(30)29-23(25(31)32)16-12-13-16)28-26(33)34-14-21-19-10-6-4-8-17(19)18-9-5-7-11-20(18)21/h4-11,16,21-23H,12-15H2,1-3H3,(H,28,33)(H,29,30)(H,31,32)/t22-,23?/m0/s1. The number of rotatable bonds is 9. The fourth-order valence-electron chi connectivity index (χ4n) is 4.36. The first-order valence-electron chi connectivity index (χ1n) is 11.9. The number of ether oxygens (including phenoxy) is 2. The normalized spacial score (nSPS) is 16.5. The molecule has 0 radical (unpaired) electrons. The van der Waals surface area contributed by atoms with Crippen molar-refractivity contribution in [2.24, 2.45) is 5.92 Å². The summed E-state index contributed by atoms with van der Waals surface area (Å²) in [6, 6.07) is 14.0. The van der Waals surface area contributed by atoms with Gasteiger partial charge >= 0.3 is 12.1 Å². The molecule has 3 N–H and O–H groups in total. The molecule has 1 saturated carbocycles. The molecular weight excluding hydrogens is 448 g/mol. The Kier molecular flexibility index (Phi) is 7.12. The van der Waals surface area contributed by atoms with Crippen LogP contribution in [0.3, 0.4) is 0 Å². The van der Waals surface area contributed by atoms with Crippen molar-refractivity contribution in [2.75, 3.05) is 13.2 Å². The quantitative estimate of drug-likeness (QED) is 0.504. The van der Waals surface area contributed by atoms with Crippen LogP contribution < -0.4 is 10.6 Å². The molecule has 8 heteroatoms. The first-order valence-corrected chi connectivity index (χ1v) is 11.9. The molecule has 8 nitrogen and oxygen atoms in total. The lowest BCUT2D eigenvalue weighted by molar-refractivity contribution is -0.143. The van der Waals surface area contributed by atoms with E-state index in [0.717, 1.165) is 35.1 Å². The van der Waals surface area contributed by atoms with Gasteiger partial charge in [-0.3, -0.25) is 4.79 Å². The fraction of sp³-hybridized carbons (Fsp3) is 0.444. The summed E-state index contributed by atoms with van der Waals surface area (Å²) in [4.78, 5) is 37.2. The minimum Gasteiger partial charge on any atom is -0.480 e. The molecule has 2 aliphatic carbocycles. The zero-order valence-electron chi connectivity index (χ0n) is 20.2. The predicted molar refractivity (Wildman–Crippen MR) is 130 cm³/mol. The summed E-state index contributed by atoms with van der Waals surface area (Å²) >= 11 is 0. The topological polar surface area (TPSA) is 114 Å². The summed E-state index contributed by atoms with van der Waals surface area (Å²) in [5.41, 5.74) is 3.85. The van der Waals surface area contributed by atoms with E-state index in [9.17, 15) is 19.5 Å². The van der Waals surface area contributed by atoms with Crippen molar-refractivity contribution in [3.8, 4) is 11.1 Å². The number of carbonyl (C=O) groups is 3. The van der Waals surface area contributed by atoms with Crippen molar-refractivity contribution in [3.63, 3.8) is 0 Å². The number of carboxylic acid groups (broad SMARTS) is 1. The van der Waals surface area contributed by atoms with E-state index in [2.05, 4.69) is 22.8 Å². The van der Waals surface area contributed by atoms with Gasteiger partial charge in [0.1, 0.15) is 18.7 Å². The highest BCUT2D eigenvalue weighted by molar-refractivity contribution is 5.89. The van der Waals surface area contributed by atoms with Crippen LogP contribution in [-0.4, -0.2) is 54.0 Å². The molecule has 0 aliphatic heterocycles. The number of benzene rings is 2. The highest BCUT2D eigenvalue weighted by atomic mass is 16.5. The van der Waals surface area contributed by atoms with Crippen LogP contribution in [0.5, 0.6) is 0 Å². The first kappa shape index (κ1) is 24.7. The number of aliphatic carboxylic acids is 1. The second-order valence-electron chi connectivity index (χ2n) is 10.1. The molecule has 0 saturated heterocycles. The zero-order valence-corrected chi connectivity index (χ0v) is 20.2. The monoisotopic (exact) mass is 480 g/mol. The average molecular weight is 481 g/mol. The zero-order chi connectivity index (χ0) is 25.2. The number of hydrogen-bond donors (Lipinski definition) is 3. The van der Waals surface area contributed by atoms with Crippen molar-refractivity contribution in [2.45, 2.75) is 57.2 Å². The van der Waals surface area contributed by atoms with Gasteiger partial charge in [-0.1, -0.05) is 48.5 Å². The Morgan fingerprint density at radius 3 is 2.06 bits per heavy atom. The first-order chi connectivity index (χ1) is 16.6. The molecule has 0 aromatic heterocycles. The third kappa shape index (κ3) is 6.00. The van der Waals surface area contributed by atoms with Crippen LogP contribution in [-0.2, 0) is 19.1 Å². The van der Waals surface area contributed by atoms with Gasteiger partial charge in [0, 0.05) is 5.92 Å². The largest absolute Gasteiger partial charge is 0.480 e. The number of amides is 2. The van der Waals surface area contributed by atoms with E-state index in [-0.39, 0.29) is 25.0 Å². The van der Waals surface area contributed by atoms with Crippen molar-refractivity contribution < 1.29 is 29.0 Å². The van der Waals surface area contributed by atoms with Crippen LogP contribution in [0.15, 0.2) is 48.5 Å². The third-order valence-corrected chi connectivity index (χ3v) is 6.29. The van der Waals surface area contributed by atoms with Crippen LogP contribution in [0, 0.1) is 5.92 Å². The molecule has 186 valence electrons. The molecule has 35 heavy (non-hydrogen) atoms. The Morgan fingerprint density at radius 1 is 0.971 bits per heavy atom. The van der Waals surface area contributed by atoms with Crippen LogP contribution in [0.2, 0.25) is 0 Å². The van der Waals surface area contributed by atoms with Gasteiger partial charge in [0.05, 0.1) is 12.2 Å². The molecule has 4 rings (SSSR count). The molecule has 0 spiro atoms. The van der Waals surface area contributed by atoms with Crippen molar-refractivity contribution in [3.05, 3.63) is 59.7 Å². The Morgan fingerprint density at radius 2 is 1.54 bits per heavy atom. The van der Waals surface area contributed by atoms with Crippen LogP contribution in [0.4, 0.5) is 4.79 Å². The second-order valence-corrected chi connectivity index (χ2v) is 10.1. The third-order valence-electron chi connectivity index (χ3n) is 6.29. The van der Waals surface area contributed by atoms with Crippen molar-refractivity contribution in [1.82, 2.24) is 10.6 Å².